The molecule has 0 saturated carbocycles. The molecule has 0 N–H and O–H groups in total. The highest BCUT2D eigenvalue weighted by molar-refractivity contribution is 7.89. The van der Waals surface area contributed by atoms with Crippen LogP contribution in [-0.4, -0.2) is 81.6 Å². The van der Waals surface area contributed by atoms with Crippen molar-refractivity contribution < 1.29 is 18.1 Å². The summed E-state index contributed by atoms with van der Waals surface area (Å²) in [6.07, 6.45) is 1.84. The van der Waals surface area contributed by atoms with Gasteiger partial charge in [0.1, 0.15) is 5.69 Å². The number of hydrogen-bond donors (Lipinski definition) is 0. The molecule has 0 bridgehead atoms. The van der Waals surface area contributed by atoms with Gasteiger partial charge in [0, 0.05) is 51.9 Å². The number of piperazine rings is 1. The average Bonchev–Trinajstić information content (AvgIpc) is 2.69. The summed E-state index contributed by atoms with van der Waals surface area (Å²) in [5, 5.41) is 11.6. The van der Waals surface area contributed by atoms with Crippen LogP contribution in [0.5, 0.6) is 0 Å². The summed E-state index contributed by atoms with van der Waals surface area (Å²) in [5.74, 6) is 0. The first-order valence-electron chi connectivity index (χ1n) is 8.88. The quantitative estimate of drug-likeness (QED) is 0.401. The number of nitro benzene ring substituents is 1. The number of benzene rings is 1. The Balaban J connectivity index is 1.85. The lowest BCUT2D eigenvalue weighted by Crippen LogP contribution is -2.46. The Kier molecular flexibility index (Phi) is 6.10. The van der Waals surface area contributed by atoms with E-state index in [4.69, 9.17) is 4.74 Å². The van der Waals surface area contributed by atoms with Gasteiger partial charge in [0.2, 0.25) is 10.0 Å². The van der Waals surface area contributed by atoms with Crippen molar-refractivity contribution in [1.29, 1.82) is 0 Å². The number of nitrogens with zero attached hydrogens (tertiary/aromatic N) is 4. The van der Waals surface area contributed by atoms with Crippen LogP contribution in [-0.2, 0) is 14.8 Å². The lowest BCUT2D eigenvalue weighted by Gasteiger charge is -2.35. The first kappa shape index (κ1) is 19.7. The second-order valence-corrected chi connectivity index (χ2v) is 8.44. The highest BCUT2D eigenvalue weighted by Crippen LogP contribution is 2.32. The van der Waals surface area contributed by atoms with E-state index >= 15 is 0 Å². The molecular formula is C17H24N4O5S. The Morgan fingerprint density at radius 3 is 2.41 bits per heavy atom. The van der Waals surface area contributed by atoms with Crippen LogP contribution in [0, 0.1) is 10.1 Å². The molecule has 10 heteroatoms. The fourth-order valence-corrected chi connectivity index (χ4v) is 4.80. The minimum absolute atomic E-state index is 0.0508. The zero-order valence-corrected chi connectivity index (χ0v) is 15.9. The molecule has 0 radical (unpaired) electrons. The van der Waals surface area contributed by atoms with Gasteiger partial charge >= 0.3 is 0 Å². The molecule has 2 aliphatic rings. The molecule has 0 aromatic heterocycles. The van der Waals surface area contributed by atoms with E-state index in [9.17, 15) is 18.5 Å². The second kappa shape index (κ2) is 8.34. The van der Waals surface area contributed by atoms with Gasteiger partial charge in [0.15, 0.2) is 0 Å². The van der Waals surface area contributed by atoms with Crippen molar-refractivity contribution in [3.8, 4) is 0 Å². The molecule has 0 atom stereocenters. The SMILES string of the molecule is C=CCN1CCN(c2ccc(S(=O)(=O)N3CCOCC3)cc2[N+](=O)[O-])CC1. The minimum atomic E-state index is -3.77. The fraction of sp³-hybridized carbons (Fsp3) is 0.529. The number of rotatable bonds is 6. The van der Waals surface area contributed by atoms with E-state index in [1.54, 1.807) is 6.07 Å². The minimum Gasteiger partial charge on any atom is -0.379 e. The van der Waals surface area contributed by atoms with Gasteiger partial charge in [0.25, 0.3) is 5.69 Å². The van der Waals surface area contributed by atoms with Gasteiger partial charge in [-0.15, -0.1) is 6.58 Å². The van der Waals surface area contributed by atoms with E-state index in [1.807, 2.05) is 11.0 Å². The smallest absolute Gasteiger partial charge is 0.293 e. The topological polar surface area (TPSA) is 96.2 Å². The van der Waals surface area contributed by atoms with E-state index in [2.05, 4.69) is 11.5 Å². The standard InChI is InChI=1S/C17H24N4O5S/c1-2-5-18-6-8-19(9-7-18)16-4-3-15(14-17(16)21(22)23)27(24,25)20-10-12-26-13-11-20/h2-4,14H,1,5-13H2. The van der Waals surface area contributed by atoms with Crippen LogP contribution in [0.1, 0.15) is 0 Å². The molecule has 2 saturated heterocycles. The number of hydrogen-bond acceptors (Lipinski definition) is 7. The third-order valence-corrected chi connectivity index (χ3v) is 6.75. The zero-order chi connectivity index (χ0) is 19.4. The number of sulfonamides is 1. The molecule has 1 aromatic rings. The molecule has 3 rings (SSSR count). The normalized spacial score (nSPS) is 19.8. The molecule has 1 aromatic carbocycles. The zero-order valence-electron chi connectivity index (χ0n) is 15.1. The summed E-state index contributed by atoms with van der Waals surface area (Å²) in [6.45, 7) is 8.51. The van der Waals surface area contributed by atoms with Crippen LogP contribution in [0.2, 0.25) is 0 Å². The van der Waals surface area contributed by atoms with E-state index in [1.165, 1.54) is 16.4 Å². The maximum atomic E-state index is 12.8. The van der Waals surface area contributed by atoms with E-state index < -0.39 is 14.9 Å². The molecule has 0 spiro atoms. The summed E-state index contributed by atoms with van der Waals surface area (Å²) in [6, 6.07) is 4.19. The number of morpholine rings is 1. The monoisotopic (exact) mass is 396 g/mol. The van der Waals surface area contributed by atoms with Crippen LogP contribution < -0.4 is 4.90 Å². The number of ether oxygens (including phenoxy) is 1. The second-order valence-electron chi connectivity index (χ2n) is 6.50. The lowest BCUT2D eigenvalue weighted by molar-refractivity contribution is -0.384. The van der Waals surface area contributed by atoms with Crippen molar-refractivity contribution in [2.24, 2.45) is 0 Å². The van der Waals surface area contributed by atoms with Gasteiger partial charge in [-0.05, 0) is 12.1 Å². The Morgan fingerprint density at radius 1 is 1.15 bits per heavy atom. The first-order chi connectivity index (χ1) is 12.9. The highest BCUT2D eigenvalue weighted by atomic mass is 32.2. The molecule has 0 amide bonds. The largest absolute Gasteiger partial charge is 0.379 e. The summed E-state index contributed by atoms with van der Waals surface area (Å²) in [7, 11) is -3.77. The molecule has 0 unspecified atom stereocenters. The molecule has 2 heterocycles. The van der Waals surface area contributed by atoms with E-state index in [-0.39, 0.29) is 23.7 Å². The van der Waals surface area contributed by atoms with Crippen LogP contribution in [0.3, 0.4) is 0 Å². The third kappa shape index (κ3) is 4.29. The maximum Gasteiger partial charge on any atom is 0.293 e. The fourth-order valence-electron chi connectivity index (χ4n) is 3.37. The first-order valence-corrected chi connectivity index (χ1v) is 10.3. The molecule has 0 aliphatic carbocycles. The van der Waals surface area contributed by atoms with Crippen molar-refractivity contribution in [2.75, 3.05) is 63.9 Å². The van der Waals surface area contributed by atoms with Crippen LogP contribution in [0.15, 0.2) is 35.7 Å². The highest BCUT2D eigenvalue weighted by Gasteiger charge is 2.30. The molecular weight excluding hydrogens is 372 g/mol. The van der Waals surface area contributed by atoms with Gasteiger partial charge in [-0.2, -0.15) is 4.31 Å². The molecule has 9 nitrogen and oxygen atoms in total. The van der Waals surface area contributed by atoms with Crippen LogP contribution in [0.25, 0.3) is 0 Å². The molecule has 148 valence electrons. The van der Waals surface area contributed by atoms with Crippen molar-refractivity contribution in [2.45, 2.75) is 4.90 Å². The van der Waals surface area contributed by atoms with E-state index in [0.717, 1.165) is 19.6 Å². The molecule has 2 fully saturated rings. The predicted octanol–water partition coefficient (Wildman–Crippen LogP) is 0.924. The maximum absolute atomic E-state index is 12.8. The van der Waals surface area contributed by atoms with Crippen molar-refractivity contribution in [3.05, 3.63) is 41.0 Å². The molecule has 27 heavy (non-hydrogen) atoms. The summed E-state index contributed by atoms with van der Waals surface area (Å²) >= 11 is 0. The van der Waals surface area contributed by atoms with Gasteiger partial charge in [0.05, 0.1) is 23.0 Å². The van der Waals surface area contributed by atoms with Crippen molar-refractivity contribution in [3.63, 3.8) is 0 Å². The van der Waals surface area contributed by atoms with Crippen molar-refractivity contribution in [1.82, 2.24) is 9.21 Å². The number of anilines is 1. The average molecular weight is 396 g/mol. The Labute approximate surface area is 159 Å². The Morgan fingerprint density at radius 2 is 1.81 bits per heavy atom. The summed E-state index contributed by atoms with van der Waals surface area (Å²) in [4.78, 5) is 15.2. The van der Waals surface area contributed by atoms with E-state index in [0.29, 0.717) is 32.0 Å². The van der Waals surface area contributed by atoms with Crippen LogP contribution in [0.4, 0.5) is 11.4 Å². The summed E-state index contributed by atoms with van der Waals surface area (Å²) in [5.41, 5.74) is 0.278. The molecule has 2 aliphatic heterocycles. The van der Waals surface area contributed by atoms with Gasteiger partial charge in [-0.3, -0.25) is 15.0 Å². The van der Waals surface area contributed by atoms with Crippen molar-refractivity contribution >= 4 is 21.4 Å². The Hall–Kier alpha value is -2.01. The van der Waals surface area contributed by atoms with Gasteiger partial charge in [-0.1, -0.05) is 6.08 Å². The lowest BCUT2D eigenvalue weighted by atomic mass is 10.2. The summed E-state index contributed by atoms with van der Waals surface area (Å²) < 4.78 is 32.1. The van der Waals surface area contributed by atoms with Gasteiger partial charge in [-0.25, -0.2) is 8.42 Å². The van der Waals surface area contributed by atoms with Gasteiger partial charge < -0.3 is 9.64 Å². The predicted molar refractivity (Wildman–Crippen MR) is 102 cm³/mol. The Bertz CT molecular complexity index is 800. The number of nitro groups is 1. The van der Waals surface area contributed by atoms with Crippen LogP contribution >= 0.6 is 0 Å². The third-order valence-electron chi connectivity index (χ3n) is 4.85.